The van der Waals surface area contributed by atoms with Crippen molar-refractivity contribution in [3.05, 3.63) is 59.6 Å². The quantitative estimate of drug-likeness (QED) is 0.296. The van der Waals surface area contributed by atoms with Crippen molar-refractivity contribution in [1.29, 1.82) is 0 Å². The summed E-state index contributed by atoms with van der Waals surface area (Å²) in [5, 5.41) is 9.69. The van der Waals surface area contributed by atoms with Crippen LogP contribution >= 0.6 is 11.6 Å². The molecule has 29 heavy (non-hydrogen) atoms. The monoisotopic (exact) mass is 409 g/mol. The Labute approximate surface area is 171 Å². The highest BCUT2D eigenvalue weighted by atomic mass is 35.5. The van der Waals surface area contributed by atoms with Gasteiger partial charge in [-0.1, -0.05) is 17.7 Å². The summed E-state index contributed by atoms with van der Waals surface area (Å²) < 4.78 is 12.1. The van der Waals surface area contributed by atoms with Crippen LogP contribution in [0.25, 0.3) is 16.7 Å². The fraction of sp³-hybridized carbons (Fsp3) is 0.105. The lowest BCUT2D eigenvalue weighted by Crippen LogP contribution is -2.00. The van der Waals surface area contributed by atoms with E-state index >= 15 is 0 Å². The largest absolute Gasteiger partial charge is 0.497 e. The van der Waals surface area contributed by atoms with Crippen LogP contribution in [0.1, 0.15) is 5.56 Å². The fourth-order valence-corrected chi connectivity index (χ4v) is 2.91. The number of methoxy groups -OCH3 is 2. The molecule has 1 N–H and O–H groups in total. The van der Waals surface area contributed by atoms with Crippen LogP contribution in [0.4, 0.5) is 5.82 Å². The Morgan fingerprint density at radius 2 is 2.03 bits per heavy atom. The zero-order valence-corrected chi connectivity index (χ0v) is 16.3. The van der Waals surface area contributed by atoms with Crippen LogP contribution in [0.2, 0.25) is 5.15 Å². The number of benzene rings is 1. The highest BCUT2D eigenvalue weighted by molar-refractivity contribution is 6.29. The number of hydrogen-bond acceptors (Lipinski definition) is 8. The zero-order chi connectivity index (χ0) is 20.2. The van der Waals surface area contributed by atoms with Crippen LogP contribution in [0.5, 0.6) is 11.6 Å². The maximum absolute atomic E-state index is 5.97. The standard InChI is InChI=1S/C19H16ClN7O2/c1-28-14-5-3-4-13(8-14)27-19-15(10-24-27)18(21-11-22-19)26-23-9-12-6-16(20)25-17(7-12)29-2/h3-11H,1-2H3,(H,21,22,26). The molecule has 0 aliphatic rings. The summed E-state index contributed by atoms with van der Waals surface area (Å²) in [5.41, 5.74) is 5.11. The van der Waals surface area contributed by atoms with Gasteiger partial charge in [0, 0.05) is 17.7 Å². The molecule has 0 aliphatic heterocycles. The number of anilines is 1. The molecule has 9 nitrogen and oxygen atoms in total. The number of nitrogens with zero attached hydrogens (tertiary/aromatic N) is 6. The van der Waals surface area contributed by atoms with Crippen LogP contribution in [-0.2, 0) is 0 Å². The van der Waals surface area contributed by atoms with Crippen LogP contribution < -0.4 is 14.9 Å². The van der Waals surface area contributed by atoms with E-state index in [9.17, 15) is 0 Å². The topological polar surface area (TPSA) is 99.3 Å². The van der Waals surface area contributed by atoms with E-state index in [0.29, 0.717) is 22.5 Å². The van der Waals surface area contributed by atoms with Gasteiger partial charge in [-0.15, -0.1) is 0 Å². The average Bonchev–Trinajstić information content (AvgIpc) is 3.18. The van der Waals surface area contributed by atoms with Crippen molar-refractivity contribution in [1.82, 2.24) is 24.7 Å². The van der Waals surface area contributed by atoms with E-state index in [4.69, 9.17) is 21.1 Å². The lowest BCUT2D eigenvalue weighted by atomic mass is 10.3. The first-order valence-corrected chi connectivity index (χ1v) is 8.89. The number of hydrazone groups is 1. The van der Waals surface area contributed by atoms with E-state index in [-0.39, 0.29) is 0 Å². The zero-order valence-electron chi connectivity index (χ0n) is 15.6. The molecule has 0 atom stereocenters. The van der Waals surface area contributed by atoms with Crippen molar-refractivity contribution in [2.24, 2.45) is 5.10 Å². The summed E-state index contributed by atoms with van der Waals surface area (Å²) in [6.07, 6.45) is 4.72. The van der Waals surface area contributed by atoms with Crippen molar-refractivity contribution >= 4 is 34.7 Å². The van der Waals surface area contributed by atoms with Gasteiger partial charge < -0.3 is 9.47 Å². The van der Waals surface area contributed by atoms with Gasteiger partial charge >= 0.3 is 0 Å². The highest BCUT2D eigenvalue weighted by Crippen LogP contribution is 2.23. The van der Waals surface area contributed by atoms with Crippen molar-refractivity contribution in [3.8, 4) is 17.3 Å². The smallest absolute Gasteiger partial charge is 0.215 e. The number of hydrogen-bond donors (Lipinski definition) is 1. The summed E-state index contributed by atoms with van der Waals surface area (Å²) in [7, 11) is 3.14. The number of fused-ring (bicyclic) bond motifs is 1. The molecule has 0 radical (unpaired) electrons. The number of halogens is 1. The number of pyridine rings is 1. The third-order valence-corrected chi connectivity index (χ3v) is 4.24. The van der Waals surface area contributed by atoms with E-state index in [2.05, 4.69) is 30.6 Å². The second kappa shape index (κ2) is 8.11. The highest BCUT2D eigenvalue weighted by Gasteiger charge is 2.11. The Morgan fingerprint density at radius 1 is 1.14 bits per heavy atom. The lowest BCUT2D eigenvalue weighted by Gasteiger charge is -2.06. The van der Waals surface area contributed by atoms with Crippen molar-refractivity contribution in [2.75, 3.05) is 19.6 Å². The van der Waals surface area contributed by atoms with E-state index in [1.54, 1.807) is 36.3 Å². The molecule has 10 heteroatoms. The number of ether oxygens (including phenoxy) is 2. The second-order valence-electron chi connectivity index (χ2n) is 5.85. The van der Waals surface area contributed by atoms with E-state index in [1.807, 2.05) is 24.3 Å². The summed E-state index contributed by atoms with van der Waals surface area (Å²) >= 11 is 5.97. The maximum Gasteiger partial charge on any atom is 0.215 e. The molecule has 0 saturated carbocycles. The summed E-state index contributed by atoms with van der Waals surface area (Å²) in [6, 6.07) is 10.9. The molecule has 0 fully saturated rings. The molecular formula is C19H16ClN7O2. The molecule has 3 heterocycles. The van der Waals surface area contributed by atoms with Gasteiger partial charge in [-0.25, -0.2) is 19.6 Å². The minimum atomic E-state index is 0.315. The molecule has 1 aromatic carbocycles. The lowest BCUT2D eigenvalue weighted by molar-refractivity contribution is 0.398. The summed E-state index contributed by atoms with van der Waals surface area (Å²) in [5.74, 6) is 1.66. The third kappa shape index (κ3) is 3.94. The minimum Gasteiger partial charge on any atom is -0.497 e. The summed E-state index contributed by atoms with van der Waals surface area (Å²) in [6.45, 7) is 0. The van der Waals surface area contributed by atoms with Gasteiger partial charge in [-0.05, 0) is 18.2 Å². The van der Waals surface area contributed by atoms with Gasteiger partial charge in [0.05, 0.1) is 37.7 Å². The molecule has 0 bridgehead atoms. The molecule has 0 aliphatic carbocycles. The summed E-state index contributed by atoms with van der Waals surface area (Å²) in [4.78, 5) is 12.6. The molecule has 4 rings (SSSR count). The van der Waals surface area contributed by atoms with Gasteiger partial charge in [0.25, 0.3) is 0 Å². The Bertz CT molecular complexity index is 1190. The van der Waals surface area contributed by atoms with Crippen LogP contribution in [-0.4, -0.2) is 45.2 Å². The van der Waals surface area contributed by atoms with Crippen molar-refractivity contribution < 1.29 is 9.47 Å². The molecule has 4 aromatic rings. The van der Waals surface area contributed by atoms with Crippen molar-refractivity contribution in [2.45, 2.75) is 0 Å². The van der Waals surface area contributed by atoms with E-state index in [1.165, 1.54) is 13.4 Å². The van der Waals surface area contributed by atoms with Gasteiger partial charge in [-0.2, -0.15) is 10.2 Å². The van der Waals surface area contributed by atoms with Gasteiger partial charge in [0.15, 0.2) is 11.5 Å². The Balaban J connectivity index is 1.62. The van der Waals surface area contributed by atoms with E-state index < -0.39 is 0 Å². The van der Waals surface area contributed by atoms with Crippen LogP contribution in [0.3, 0.4) is 0 Å². The molecule has 0 saturated heterocycles. The first-order chi connectivity index (χ1) is 14.2. The first-order valence-electron chi connectivity index (χ1n) is 8.52. The molecule has 0 spiro atoms. The Hall–Kier alpha value is -3.72. The van der Waals surface area contributed by atoms with Crippen LogP contribution in [0, 0.1) is 0 Å². The predicted octanol–water partition coefficient (Wildman–Crippen LogP) is 3.33. The Kier molecular flexibility index (Phi) is 5.21. The SMILES string of the molecule is COc1cccc(-n2ncc3c(NN=Cc4cc(Cl)nc(OC)c4)ncnc32)c1. The molecule has 0 amide bonds. The third-order valence-electron chi connectivity index (χ3n) is 4.05. The molecular weight excluding hydrogens is 394 g/mol. The normalized spacial score (nSPS) is 11.1. The molecule has 146 valence electrons. The number of nitrogens with one attached hydrogen (secondary N) is 1. The van der Waals surface area contributed by atoms with Gasteiger partial charge in [0.2, 0.25) is 5.88 Å². The average molecular weight is 410 g/mol. The van der Waals surface area contributed by atoms with E-state index in [0.717, 1.165) is 22.4 Å². The minimum absolute atomic E-state index is 0.315. The van der Waals surface area contributed by atoms with Crippen molar-refractivity contribution in [3.63, 3.8) is 0 Å². The van der Waals surface area contributed by atoms with Gasteiger partial charge in [0.1, 0.15) is 17.2 Å². The number of aromatic nitrogens is 5. The maximum atomic E-state index is 5.97. The fourth-order valence-electron chi connectivity index (χ4n) is 2.70. The van der Waals surface area contributed by atoms with Gasteiger partial charge in [-0.3, -0.25) is 5.43 Å². The Morgan fingerprint density at radius 3 is 2.86 bits per heavy atom. The molecule has 0 unspecified atom stereocenters. The second-order valence-corrected chi connectivity index (χ2v) is 6.24. The number of rotatable bonds is 6. The molecule has 3 aromatic heterocycles. The van der Waals surface area contributed by atoms with Crippen LogP contribution in [0.15, 0.2) is 54.0 Å². The predicted molar refractivity (Wildman–Crippen MR) is 110 cm³/mol. The first kappa shape index (κ1) is 18.6.